The second-order valence-corrected chi connectivity index (χ2v) is 8.48. The molecule has 2 N–H and O–H groups in total. The third kappa shape index (κ3) is 5.59. The number of hydrogen-bond acceptors (Lipinski definition) is 3. The van der Waals surface area contributed by atoms with Gasteiger partial charge in [-0.05, 0) is 57.2 Å². The fraction of sp³-hybridized carbons (Fsp3) is 0.591. The average Bonchev–Trinajstić information content (AvgIpc) is 2.58. The van der Waals surface area contributed by atoms with Crippen molar-refractivity contribution in [1.82, 2.24) is 4.90 Å². The number of benzene rings is 1. The molecular formula is C22H31NO3. The summed E-state index contributed by atoms with van der Waals surface area (Å²) in [5.74, 6) is 6.17. The Hall–Kier alpha value is -1.83. The highest BCUT2D eigenvalue weighted by atomic mass is 16.3. The second-order valence-electron chi connectivity index (χ2n) is 8.48. The van der Waals surface area contributed by atoms with Gasteiger partial charge in [0.15, 0.2) is 0 Å². The Morgan fingerprint density at radius 2 is 2.12 bits per heavy atom. The van der Waals surface area contributed by atoms with Crippen LogP contribution in [0.15, 0.2) is 24.3 Å². The molecule has 0 radical (unpaired) electrons. The highest BCUT2D eigenvalue weighted by Crippen LogP contribution is 2.36. The van der Waals surface area contributed by atoms with Crippen molar-refractivity contribution in [3.05, 3.63) is 35.4 Å². The third-order valence-electron chi connectivity index (χ3n) is 4.75. The summed E-state index contributed by atoms with van der Waals surface area (Å²) in [5, 5.41) is 19.7. The highest BCUT2D eigenvalue weighted by molar-refractivity contribution is 5.94. The molecular weight excluding hydrogens is 326 g/mol. The minimum Gasteiger partial charge on any atom is -0.396 e. The van der Waals surface area contributed by atoms with E-state index in [1.165, 1.54) is 0 Å². The molecule has 1 aromatic rings. The molecule has 1 saturated heterocycles. The fourth-order valence-electron chi connectivity index (χ4n) is 3.75. The van der Waals surface area contributed by atoms with Gasteiger partial charge in [-0.1, -0.05) is 31.8 Å². The van der Waals surface area contributed by atoms with Crippen LogP contribution in [-0.2, 0) is 0 Å². The van der Waals surface area contributed by atoms with Crippen LogP contribution in [0.25, 0.3) is 0 Å². The zero-order valence-electron chi connectivity index (χ0n) is 16.4. The van der Waals surface area contributed by atoms with Gasteiger partial charge in [0.05, 0.1) is 6.61 Å². The van der Waals surface area contributed by atoms with Crippen molar-refractivity contribution in [2.24, 2.45) is 11.3 Å². The lowest BCUT2D eigenvalue weighted by Gasteiger charge is -2.43. The summed E-state index contributed by atoms with van der Waals surface area (Å²) in [5.41, 5.74) is 0.0571. The van der Waals surface area contributed by atoms with Gasteiger partial charge in [0.2, 0.25) is 0 Å². The van der Waals surface area contributed by atoms with Crippen LogP contribution in [0.5, 0.6) is 0 Å². The number of piperidine rings is 1. The van der Waals surface area contributed by atoms with Crippen molar-refractivity contribution >= 4 is 5.91 Å². The summed E-state index contributed by atoms with van der Waals surface area (Å²) < 4.78 is 0. The van der Waals surface area contributed by atoms with Crippen LogP contribution in [0.3, 0.4) is 0 Å². The van der Waals surface area contributed by atoms with Crippen LogP contribution in [0.4, 0.5) is 0 Å². The molecule has 1 aliphatic heterocycles. The summed E-state index contributed by atoms with van der Waals surface area (Å²) in [7, 11) is 0. The molecule has 1 aliphatic rings. The standard InChI is InChI=1S/C22H31NO3/c1-17(2)14-22(16-24)10-6-12-23(15-22)20(25)19-8-5-7-18(13-19)9-11-21(3,4)26/h5,7-8,13,17,24,26H,6,10,12,14-16H2,1-4H3. The molecule has 0 saturated carbocycles. The number of aliphatic hydroxyl groups excluding tert-OH is 1. The van der Waals surface area contributed by atoms with E-state index in [4.69, 9.17) is 0 Å². The Balaban J connectivity index is 2.19. The van der Waals surface area contributed by atoms with E-state index in [0.29, 0.717) is 23.6 Å². The topological polar surface area (TPSA) is 60.8 Å². The average molecular weight is 357 g/mol. The number of amides is 1. The van der Waals surface area contributed by atoms with Gasteiger partial charge in [0.25, 0.3) is 5.91 Å². The number of nitrogens with zero attached hydrogens (tertiary/aromatic N) is 1. The van der Waals surface area contributed by atoms with Crippen molar-refractivity contribution in [3.8, 4) is 11.8 Å². The first-order valence-electron chi connectivity index (χ1n) is 9.40. The fourth-order valence-corrected chi connectivity index (χ4v) is 3.75. The Morgan fingerprint density at radius 1 is 1.38 bits per heavy atom. The minimum absolute atomic E-state index is 0.0156. The maximum absolute atomic E-state index is 13.0. The van der Waals surface area contributed by atoms with Crippen molar-refractivity contribution in [2.75, 3.05) is 19.7 Å². The first-order valence-corrected chi connectivity index (χ1v) is 9.40. The van der Waals surface area contributed by atoms with Gasteiger partial charge in [-0.2, -0.15) is 0 Å². The van der Waals surface area contributed by atoms with Crippen LogP contribution in [0.1, 0.15) is 62.9 Å². The summed E-state index contributed by atoms with van der Waals surface area (Å²) in [6.45, 7) is 9.01. The largest absolute Gasteiger partial charge is 0.396 e. The zero-order chi connectivity index (χ0) is 19.4. The van der Waals surface area contributed by atoms with Crippen LogP contribution < -0.4 is 0 Å². The molecule has 1 amide bonds. The Morgan fingerprint density at radius 3 is 2.73 bits per heavy atom. The lowest BCUT2D eigenvalue weighted by Crippen LogP contribution is -2.48. The third-order valence-corrected chi connectivity index (χ3v) is 4.75. The highest BCUT2D eigenvalue weighted by Gasteiger charge is 2.37. The molecule has 1 heterocycles. The second kappa shape index (κ2) is 8.24. The van der Waals surface area contributed by atoms with Gasteiger partial charge in [-0.25, -0.2) is 0 Å². The SMILES string of the molecule is CC(C)CC1(CO)CCCN(C(=O)c2cccc(C#CC(C)(C)O)c2)C1. The molecule has 1 fully saturated rings. The Kier molecular flexibility index (Phi) is 6.49. The molecule has 4 heteroatoms. The molecule has 1 aromatic carbocycles. The van der Waals surface area contributed by atoms with Crippen molar-refractivity contribution in [2.45, 2.75) is 52.6 Å². The van der Waals surface area contributed by atoms with Gasteiger partial charge in [-0.15, -0.1) is 0 Å². The van der Waals surface area contributed by atoms with E-state index in [9.17, 15) is 15.0 Å². The Labute approximate surface area is 157 Å². The number of likely N-dealkylation sites (tertiary alicyclic amines) is 1. The monoisotopic (exact) mass is 357 g/mol. The van der Waals surface area contributed by atoms with Crippen molar-refractivity contribution in [3.63, 3.8) is 0 Å². The van der Waals surface area contributed by atoms with Gasteiger partial charge in [-0.3, -0.25) is 4.79 Å². The van der Waals surface area contributed by atoms with E-state index in [-0.39, 0.29) is 17.9 Å². The normalized spacial score (nSPS) is 20.7. The van der Waals surface area contributed by atoms with Crippen molar-refractivity contribution in [1.29, 1.82) is 0 Å². The smallest absolute Gasteiger partial charge is 0.253 e. The maximum Gasteiger partial charge on any atom is 0.253 e. The number of rotatable bonds is 4. The number of aliphatic hydroxyl groups is 2. The molecule has 4 nitrogen and oxygen atoms in total. The molecule has 0 spiro atoms. The number of carbonyl (C=O) groups excluding carboxylic acids is 1. The molecule has 142 valence electrons. The van der Waals surface area contributed by atoms with Gasteiger partial charge in [0.1, 0.15) is 5.60 Å². The summed E-state index contributed by atoms with van der Waals surface area (Å²) in [6.07, 6.45) is 2.80. The van der Waals surface area contributed by atoms with Crippen LogP contribution >= 0.6 is 0 Å². The van der Waals surface area contributed by atoms with Gasteiger partial charge in [0, 0.05) is 29.6 Å². The van der Waals surface area contributed by atoms with Gasteiger partial charge >= 0.3 is 0 Å². The summed E-state index contributed by atoms with van der Waals surface area (Å²) in [4.78, 5) is 14.9. The first kappa shape index (κ1) is 20.5. The molecule has 1 atom stereocenters. The molecule has 1 unspecified atom stereocenters. The quantitative estimate of drug-likeness (QED) is 0.814. The van der Waals surface area contributed by atoms with Crippen molar-refractivity contribution < 1.29 is 15.0 Å². The first-order chi connectivity index (χ1) is 12.1. The predicted octanol–water partition coefficient (Wildman–Crippen LogP) is 3.07. The van der Waals surface area contributed by atoms with E-state index in [1.54, 1.807) is 26.0 Å². The lowest BCUT2D eigenvalue weighted by molar-refractivity contribution is 0.0160. The Bertz CT molecular complexity index is 693. The molecule has 26 heavy (non-hydrogen) atoms. The minimum atomic E-state index is -1.07. The van der Waals surface area contributed by atoms with E-state index in [2.05, 4.69) is 25.7 Å². The molecule has 0 bridgehead atoms. The van der Waals surface area contributed by atoms with E-state index in [1.807, 2.05) is 17.0 Å². The lowest BCUT2D eigenvalue weighted by atomic mass is 9.74. The van der Waals surface area contributed by atoms with E-state index in [0.717, 1.165) is 25.8 Å². The van der Waals surface area contributed by atoms with Crippen LogP contribution in [-0.4, -0.2) is 46.3 Å². The summed E-state index contributed by atoms with van der Waals surface area (Å²) >= 11 is 0. The van der Waals surface area contributed by atoms with E-state index >= 15 is 0 Å². The molecule has 0 aliphatic carbocycles. The zero-order valence-corrected chi connectivity index (χ0v) is 16.4. The number of carbonyl (C=O) groups is 1. The van der Waals surface area contributed by atoms with Crippen LogP contribution in [0, 0.1) is 23.2 Å². The molecule has 2 rings (SSSR count). The predicted molar refractivity (Wildman–Crippen MR) is 104 cm³/mol. The summed E-state index contributed by atoms with van der Waals surface area (Å²) in [6, 6.07) is 7.23. The van der Waals surface area contributed by atoms with E-state index < -0.39 is 5.60 Å². The molecule has 0 aromatic heterocycles. The number of hydrogen-bond donors (Lipinski definition) is 2. The maximum atomic E-state index is 13.0. The van der Waals surface area contributed by atoms with Gasteiger partial charge < -0.3 is 15.1 Å². The van der Waals surface area contributed by atoms with Crippen LogP contribution in [0.2, 0.25) is 0 Å².